The molecule has 84 valence electrons. The fourth-order valence-corrected chi connectivity index (χ4v) is 1.87. The van der Waals surface area contributed by atoms with Crippen LogP contribution in [0, 0.1) is 6.92 Å². The number of aryl methyl sites for hydroxylation is 4. The van der Waals surface area contributed by atoms with Crippen LogP contribution in [0.15, 0.2) is 30.6 Å². The van der Waals surface area contributed by atoms with Crippen molar-refractivity contribution in [3.8, 4) is 0 Å². The smallest absolute Gasteiger partial charge is 0.133 e. The Balaban J connectivity index is 2.05. The summed E-state index contributed by atoms with van der Waals surface area (Å²) in [5, 5.41) is 8.09. The van der Waals surface area contributed by atoms with E-state index in [1.54, 1.807) is 6.33 Å². The standard InChI is InChI=1S/C13H17N3/c1-3-16-10-14-15-13(16)9-8-12-7-5-4-6-11(12)2/h4-7,10H,3,8-9H2,1-2H3. The second kappa shape index (κ2) is 4.92. The van der Waals surface area contributed by atoms with E-state index < -0.39 is 0 Å². The highest BCUT2D eigenvalue weighted by Crippen LogP contribution is 2.10. The van der Waals surface area contributed by atoms with Gasteiger partial charge in [0.2, 0.25) is 0 Å². The lowest BCUT2D eigenvalue weighted by atomic mass is 10.0. The fourth-order valence-electron chi connectivity index (χ4n) is 1.87. The Morgan fingerprint density at radius 1 is 1.19 bits per heavy atom. The molecule has 16 heavy (non-hydrogen) atoms. The largest absolute Gasteiger partial charge is 0.318 e. The molecule has 0 aliphatic heterocycles. The first-order valence-corrected chi connectivity index (χ1v) is 5.72. The minimum atomic E-state index is 0.941. The van der Waals surface area contributed by atoms with Gasteiger partial charge >= 0.3 is 0 Å². The molecule has 0 saturated heterocycles. The van der Waals surface area contributed by atoms with Gasteiger partial charge in [0.1, 0.15) is 12.2 Å². The highest BCUT2D eigenvalue weighted by Gasteiger charge is 2.04. The lowest BCUT2D eigenvalue weighted by molar-refractivity contribution is 0.688. The molecule has 0 saturated carbocycles. The molecule has 0 bridgehead atoms. The average molecular weight is 215 g/mol. The van der Waals surface area contributed by atoms with E-state index in [2.05, 4.69) is 52.9 Å². The third-order valence-electron chi connectivity index (χ3n) is 2.92. The average Bonchev–Trinajstić information content (AvgIpc) is 2.75. The van der Waals surface area contributed by atoms with Gasteiger partial charge in [-0.1, -0.05) is 24.3 Å². The molecule has 1 aromatic heterocycles. The van der Waals surface area contributed by atoms with Gasteiger partial charge in [0.05, 0.1) is 0 Å². The second-order valence-corrected chi connectivity index (χ2v) is 3.96. The Labute approximate surface area is 96.1 Å². The van der Waals surface area contributed by atoms with Crippen molar-refractivity contribution in [3.63, 3.8) is 0 Å². The van der Waals surface area contributed by atoms with Crippen LogP contribution in [-0.2, 0) is 19.4 Å². The predicted molar refractivity (Wildman–Crippen MR) is 64.3 cm³/mol. The summed E-state index contributed by atoms with van der Waals surface area (Å²) in [4.78, 5) is 0. The molecule has 0 amide bonds. The van der Waals surface area contributed by atoms with E-state index in [0.717, 1.165) is 25.2 Å². The quantitative estimate of drug-likeness (QED) is 0.784. The van der Waals surface area contributed by atoms with Crippen molar-refractivity contribution < 1.29 is 0 Å². The fraction of sp³-hybridized carbons (Fsp3) is 0.385. The number of rotatable bonds is 4. The van der Waals surface area contributed by atoms with Gasteiger partial charge in [-0.3, -0.25) is 0 Å². The number of aromatic nitrogens is 3. The number of nitrogens with zero attached hydrogens (tertiary/aromatic N) is 3. The van der Waals surface area contributed by atoms with Gasteiger partial charge in [0, 0.05) is 13.0 Å². The first-order valence-electron chi connectivity index (χ1n) is 5.72. The first kappa shape index (κ1) is 10.9. The summed E-state index contributed by atoms with van der Waals surface area (Å²) >= 11 is 0. The van der Waals surface area contributed by atoms with Crippen LogP contribution in [0.5, 0.6) is 0 Å². The van der Waals surface area contributed by atoms with Crippen LogP contribution in [0.1, 0.15) is 23.9 Å². The predicted octanol–water partition coefficient (Wildman–Crippen LogP) is 2.39. The zero-order valence-corrected chi connectivity index (χ0v) is 9.85. The normalized spacial score (nSPS) is 10.6. The van der Waals surface area contributed by atoms with Crippen LogP contribution in [-0.4, -0.2) is 14.8 Å². The monoisotopic (exact) mass is 215 g/mol. The summed E-state index contributed by atoms with van der Waals surface area (Å²) in [5.74, 6) is 1.07. The van der Waals surface area contributed by atoms with Crippen molar-refractivity contribution in [3.05, 3.63) is 47.5 Å². The van der Waals surface area contributed by atoms with Crippen molar-refractivity contribution in [2.75, 3.05) is 0 Å². The van der Waals surface area contributed by atoms with Gasteiger partial charge in [0.25, 0.3) is 0 Å². The Kier molecular flexibility index (Phi) is 3.34. The van der Waals surface area contributed by atoms with Crippen molar-refractivity contribution in [1.29, 1.82) is 0 Å². The molecule has 2 aromatic rings. The maximum Gasteiger partial charge on any atom is 0.133 e. The topological polar surface area (TPSA) is 30.7 Å². The van der Waals surface area contributed by atoms with Crippen LogP contribution >= 0.6 is 0 Å². The van der Waals surface area contributed by atoms with E-state index in [9.17, 15) is 0 Å². The summed E-state index contributed by atoms with van der Waals surface area (Å²) in [7, 11) is 0. The molecular formula is C13H17N3. The number of hydrogen-bond donors (Lipinski definition) is 0. The maximum absolute atomic E-state index is 4.14. The van der Waals surface area contributed by atoms with Crippen LogP contribution < -0.4 is 0 Å². The first-order chi connectivity index (χ1) is 7.81. The van der Waals surface area contributed by atoms with Gasteiger partial charge in [-0.25, -0.2) is 0 Å². The summed E-state index contributed by atoms with van der Waals surface area (Å²) in [6.45, 7) is 5.20. The molecule has 0 atom stereocenters. The van der Waals surface area contributed by atoms with Crippen molar-refractivity contribution >= 4 is 0 Å². The molecule has 1 heterocycles. The minimum Gasteiger partial charge on any atom is -0.318 e. The molecule has 2 rings (SSSR count). The Morgan fingerprint density at radius 2 is 2.00 bits per heavy atom. The van der Waals surface area contributed by atoms with Gasteiger partial charge < -0.3 is 4.57 Å². The molecule has 0 unspecified atom stereocenters. The van der Waals surface area contributed by atoms with Crippen molar-refractivity contribution in [1.82, 2.24) is 14.8 Å². The Morgan fingerprint density at radius 3 is 2.75 bits per heavy atom. The van der Waals surface area contributed by atoms with E-state index in [1.165, 1.54) is 11.1 Å². The third kappa shape index (κ3) is 2.30. The highest BCUT2D eigenvalue weighted by molar-refractivity contribution is 5.25. The summed E-state index contributed by atoms with van der Waals surface area (Å²) in [6.07, 6.45) is 3.79. The lowest BCUT2D eigenvalue weighted by Crippen LogP contribution is -2.03. The zero-order chi connectivity index (χ0) is 11.4. The SMILES string of the molecule is CCn1cnnc1CCc1ccccc1C. The summed E-state index contributed by atoms with van der Waals surface area (Å²) in [5.41, 5.74) is 2.75. The van der Waals surface area contributed by atoms with Gasteiger partial charge in [-0.05, 0) is 31.4 Å². The molecule has 0 radical (unpaired) electrons. The molecule has 1 aromatic carbocycles. The maximum atomic E-state index is 4.14. The van der Waals surface area contributed by atoms with Gasteiger partial charge in [-0.15, -0.1) is 10.2 Å². The van der Waals surface area contributed by atoms with E-state index in [4.69, 9.17) is 0 Å². The van der Waals surface area contributed by atoms with E-state index in [0.29, 0.717) is 0 Å². The van der Waals surface area contributed by atoms with Gasteiger partial charge in [-0.2, -0.15) is 0 Å². The molecule has 0 N–H and O–H groups in total. The minimum absolute atomic E-state index is 0.941. The van der Waals surface area contributed by atoms with E-state index in [-0.39, 0.29) is 0 Å². The second-order valence-electron chi connectivity index (χ2n) is 3.96. The van der Waals surface area contributed by atoms with Crippen molar-refractivity contribution in [2.24, 2.45) is 0 Å². The summed E-state index contributed by atoms with van der Waals surface area (Å²) in [6, 6.07) is 8.50. The summed E-state index contributed by atoms with van der Waals surface area (Å²) < 4.78 is 2.10. The molecule has 3 heteroatoms. The van der Waals surface area contributed by atoms with Crippen LogP contribution in [0.25, 0.3) is 0 Å². The van der Waals surface area contributed by atoms with Crippen LogP contribution in [0.3, 0.4) is 0 Å². The molecule has 0 fully saturated rings. The Bertz CT molecular complexity index is 460. The molecule has 0 aliphatic carbocycles. The lowest BCUT2D eigenvalue weighted by Gasteiger charge is -2.05. The molecule has 0 spiro atoms. The van der Waals surface area contributed by atoms with Gasteiger partial charge in [0.15, 0.2) is 0 Å². The zero-order valence-electron chi connectivity index (χ0n) is 9.85. The molecule has 0 aliphatic rings. The number of benzene rings is 1. The van der Waals surface area contributed by atoms with E-state index >= 15 is 0 Å². The third-order valence-corrected chi connectivity index (χ3v) is 2.92. The molecular weight excluding hydrogens is 198 g/mol. The van der Waals surface area contributed by atoms with Crippen LogP contribution in [0.4, 0.5) is 0 Å². The van der Waals surface area contributed by atoms with Crippen molar-refractivity contribution in [2.45, 2.75) is 33.2 Å². The number of hydrogen-bond acceptors (Lipinski definition) is 2. The van der Waals surface area contributed by atoms with E-state index in [1.807, 2.05) is 0 Å². The Hall–Kier alpha value is -1.64. The molecule has 3 nitrogen and oxygen atoms in total. The highest BCUT2D eigenvalue weighted by atomic mass is 15.3. The van der Waals surface area contributed by atoms with Crippen LogP contribution in [0.2, 0.25) is 0 Å².